The number of nitrogens with zero attached hydrogens (tertiary/aromatic N) is 3. The van der Waals surface area contributed by atoms with E-state index >= 15 is 0 Å². The summed E-state index contributed by atoms with van der Waals surface area (Å²) in [6.45, 7) is 3.92. The lowest BCUT2D eigenvalue weighted by Crippen LogP contribution is -2.52. The third-order valence-corrected chi connectivity index (χ3v) is 6.49. The van der Waals surface area contributed by atoms with Crippen LogP contribution in [0.25, 0.3) is 0 Å². The van der Waals surface area contributed by atoms with Crippen LogP contribution in [0.4, 0.5) is 0 Å². The molecule has 28 heavy (non-hydrogen) atoms. The summed E-state index contributed by atoms with van der Waals surface area (Å²) in [6, 6.07) is 20.3. The molecular weight excluding hydrogens is 346 g/mol. The molecule has 1 atom stereocenters. The van der Waals surface area contributed by atoms with Crippen molar-refractivity contribution in [3.8, 4) is 6.07 Å². The van der Waals surface area contributed by atoms with Gasteiger partial charge in [0.25, 0.3) is 0 Å². The molecule has 0 unspecified atom stereocenters. The first-order valence-electron chi connectivity index (χ1n) is 10.1. The van der Waals surface area contributed by atoms with Gasteiger partial charge in [-0.05, 0) is 61.0 Å². The Morgan fingerprint density at radius 3 is 2.39 bits per heavy atom. The van der Waals surface area contributed by atoms with E-state index in [-0.39, 0.29) is 17.2 Å². The first-order valence-corrected chi connectivity index (χ1v) is 10.1. The zero-order chi connectivity index (χ0) is 19.6. The van der Waals surface area contributed by atoms with E-state index in [2.05, 4.69) is 35.2 Å². The number of carbonyl (C=O) groups excluding carboxylic acids is 1. The molecule has 0 N–H and O–H groups in total. The maximum Gasteiger partial charge on any atom is 0.229 e. The Hall–Kier alpha value is -2.64. The van der Waals surface area contributed by atoms with Crippen LogP contribution < -0.4 is 0 Å². The zero-order valence-corrected chi connectivity index (χ0v) is 16.5. The van der Waals surface area contributed by atoms with Crippen LogP contribution in [-0.2, 0) is 11.3 Å². The zero-order valence-electron chi connectivity index (χ0n) is 16.5. The van der Waals surface area contributed by atoms with Gasteiger partial charge < -0.3 is 4.90 Å². The van der Waals surface area contributed by atoms with Crippen molar-refractivity contribution in [3.05, 3.63) is 71.3 Å². The summed E-state index contributed by atoms with van der Waals surface area (Å²) in [5.41, 5.74) is 3.35. The SMILES string of the molecule is CN1CC2(CCN(Cc3ccc(C#N)cc3)CC2)C[C@H](c2ccccc2)C1=O. The molecule has 2 heterocycles. The second-order valence-corrected chi connectivity index (χ2v) is 8.45. The molecule has 2 aliphatic heterocycles. The number of hydrogen-bond donors (Lipinski definition) is 0. The third kappa shape index (κ3) is 3.81. The number of benzene rings is 2. The minimum Gasteiger partial charge on any atom is -0.345 e. The van der Waals surface area contributed by atoms with Crippen molar-refractivity contribution in [2.24, 2.45) is 5.41 Å². The summed E-state index contributed by atoms with van der Waals surface area (Å²) in [4.78, 5) is 17.3. The molecule has 2 fully saturated rings. The molecule has 2 saturated heterocycles. The minimum absolute atomic E-state index is 0.00924. The average Bonchev–Trinajstić information content (AvgIpc) is 2.74. The molecule has 4 nitrogen and oxygen atoms in total. The standard InChI is InChI=1S/C24H27N3O/c1-26-18-24(15-22(23(26)28)21-5-3-2-4-6-21)11-13-27(14-12-24)17-20-9-7-19(16-25)8-10-20/h2-10,22H,11-15,17-18H2,1H3/t22-/m1/s1. The Morgan fingerprint density at radius 1 is 1.07 bits per heavy atom. The number of nitriles is 1. The van der Waals surface area contributed by atoms with E-state index in [0.717, 1.165) is 51.0 Å². The highest BCUT2D eigenvalue weighted by Gasteiger charge is 2.44. The van der Waals surface area contributed by atoms with Crippen LogP contribution >= 0.6 is 0 Å². The molecule has 0 aromatic heterocycles. The van der Waals surface area contributed by atoms with Gasteiger partial charge in [-0.1, -0.05) is 42.5 Å². The summed E-state index contributed by atoms with van der Waals surface area (Å²) in [5, 5.41) is 8.95. The minimum atomic E-state index is -0.00924. The Balaban J connectivity index is 1.42. The maximum absolute atomic E-state index is 12.8. The lowest BCUT2D eigenvalue weighted by Gasteiger charge is -2.49. The van der Waals surface area contributed by atoms with Gasteiger partial charge in [-0.25, -0.2) is 0 Å². The number of piperidine rings is 2. The molecule has 1 spiro atoms. The van der Waals surface area contributed by atoms with E-state index < -0.39 is 0 Å². The molecule has 2 aliphatic rings. The third-order valence-electron chi connectivity index (χ3n) is 6.49. The predicted octanol–water partition coefficient (Wildman–Crippen LogP) is 3.79. The van der Waals surface area contributed by atoms with Gasteiger partial charge in [0.2, 0.25) is 5.91 Å². The summed E-state index contributed by atoms with van der Waals surface area (Å²) in [7, 11) is 1.96. The highest BCUT2D eigenvalue weighted by molar-refractivity contribution is 5.84. The normalized spacial score (nSPS) is 22.2. The van der Waals surface area contributed by atoms with E-state index in [1.807, 2.05) is 42.3 Å². The number of likely N-dealkylation sites (tertiary alicyclic amines) is 2. The number of rotatable bonds is 3. The van der Waals surface area contributed by atoms with Crippen molar-refractivity contribution >= 4 is 5.91 Å². The Morgan fingerprint density at radius 2 is 1.75 bits per heavy atom. The van der Waals surface area contributed by atoms with E-state index in [9.17, 15) is 4.79 Å². The molecule has 1 amide bonds. The molecular formula is C24H27N3O. The molecule has 0 radical (unpaired) electrons. The Kier molecular flexibility index (Phi) is 5.19. The smallest absolute Gasteiger partial charge is 0.229 e. The van der Waals surface area contributed by atoms with Gasteiger partial charge in [0, 0.05) is 20.1 Å². The van der Waals surface area contributed by atoms with Crippen molar-refractivity contribution < 1.29 is 4.79 Å². The van der Waals surface area contributed by atoms with Crippen LogP contribution in [0.15, 0.2) is 54.6 Å². The van der Waals surface area contributed by atoms with Crippen LogP contribution in [-0.4, -0.2) is 42.4 Å². The fourth-order valence-electron chi connectivity index (χ4n) is 4.87. The van der Waals surface area contributed by atoms with E-state index in [1.165, 1.54) is 5.56 Å². The lowest BCUT2D eigenvalue weighted by molar-refractivity contribution is -0.139. The molecule has 0 bridgehead atoms. The Bertz CT molecular complexity index is 861. The van der Waals surface area contributed by atoms with Crippen LogP contribution in [0, 0.1) is 16.7 Å². The van der Waals surface area contributed by atoms with Gasteiger partial charge in [-0.15, -0.1) is 0 Å². The molecule has 2 aromatic carbocycles. The fourth-order valence-corrected chi connectivity index (χ4v) is 4.87. The highest BCUT2D eigenvalue weighted by atomic mass is 16.2. The van der Waals surface area contributed by atoms with Gasteiger partial charge in [-0.3, -0.25) is 9.69 Å². The number of likely N-dealkylation sites (N-methyl/N-ethyl adjacent to an activating group) is 1. The van der Waals surface area contributed by atoms with Crippen molar-refractivity contribution in [2.45, 2.75) is 31.7 Å². The predicted molar refractivity (Wildman–Crippen MR) is 110 cm³/mol. The quantitative estimate of drug-likeness (QED) is 0.822. The Labute approximate surface area is 167 Å². The summed E-state index contributed by atoms with van der Waals surface area (Å²) in [6.07, 6.45) is 3.22. The maximum atomic E-state index is 12.8. The van der Waals surface area contributed by atoms with Gasteiger partial charge in [-0.2, -0.15) is 5.26 Å². The largest absolute Gasteiger partial charge is 0.345 e. The van der Waals surface area contributed by atoms with Crippen LogP contribution in [0.2, 0.25) is 0 Å². The van der Waals surface area contributed by atoms with Crippen LogP contribution in [0.5, 0.6) is 0 Å². The summed E-state index contributed by atoms with van der Waals surface area (Å²) in [5.74, 6) is 0.252. The molecule has 2 aromatic rings. The van der Waals surface area contributed by atoms with E-state index in [0.29, 0.717) is 5.56 Å². The fraction of sp³-hybridized carbons (Fsp3) is 0.417. The van der Waals surface area contributed by atoms with Crippen molar-refractivity contribution in [1.29, 1.82) is 5.26 Å². The summed E-state index contributed by atoms with van der Waals surface area (Å²) < 4.78 is 0. The van der Waals surface area contributed by atoms with E-state index in [4.69, 9.17) is 5.26 Å². The molecule has 4 heteroatoms. The van der Waals surface area contributed by atoms with Gasteiger partial charge in [0.1, 0.15) is 0 Å². The van der Waals surface area contributed by atoms with Crippen LogP contribution in [0.3, 0.4) is 0 Å². The van der Waals surface area contributed by atoms with Crippen LogP contribution in [0.1, 0.15) is 41.9 Å². The van der Waals surface area contributed by atoms with Crippen molar-refractivity contribution in [1.82, 2.24) is 9.80 Å². The highest BCUT2D eigenvalue weighted by Crippen LogP contribution is 2.45. The topological polar surface area (TPSA) is 47.3 Å². The summed E-state index contributed by atoms with van der Waals surface area (Å²) >= 11 is 0. The number of amides is 1. The number of hydrogen-bond acceptors (Lipinski definition) is 3. The van der Waals surface area contributed by atoms with E-state index in [1.54, 1.807) is 0 Å². The molecule has 4 rings (SSSR count). The van der Waals surface area contributed by atoms with Crippen molar-refractivity contribution in [2.75, 3.05) is 26.7 Å². The molecule has 0 aliphatic carbocycles. The van der Waals surface area contributed by atoms with Crippen molar-refractivity contribution in [3.63, 3.8) is 0 Å². The monoisotopic (exact) mass is 373 g/mol. The van der Waals surface area contributed by atoms with Gasteiger partial charge in [0.05, 0.1) is 17.6 Å². The number of carbonyl (C=O) groups is 1. The molecule has 0 saturated carbocycles. The van der Waals surface area contributed by atoms with Gasteiger partial charge in [0.15, 0.2) is 0 Å². The first-order chi connectivity index (χ1) is 13.6. The second-order valence-electron chi connectivity index (χ2n) is 8.45. The van der Waals surface area contributed by atoms with Gasteiger partial charge >= 0.3 is 0 Å². The lowest BCUT2D eigenvalue weighted by atomic mass is 9.67. The average molecular weight is 374 g/mol. The molecule has 144 valence electrons. The first kappa shape index (κ1) is 18.7. The second kappa shape index (κ2) is 7.77.